The first-order valence-corrected chi connectivity index (χ1v) is 5.84. The maximum atomic E-state index is 9.84. The zero-order valence-electron chi connectivity index (χ0n) is 7.62. The SMILES string of the molecule is CCC(C)(O)C(O)c1cscc1Br. The van der Waals surface area contributed by atoms with Crippen molar-refractivity contribution in [1.82, 2.24) is 0 Å². The van der Waals surface area contributed by atoms with Gasteiger partial charge in [-0.2, -0.15) is 11.3 Å². The lowest BCUT2D eigenvalue weighted by atomic mass is 9.92. The van der Waals surface area contributed by atoms with Crippen molar-refractivity contribution in [3.05, 3.63) is 20.8 Å². The third-order valence-corrected chi connectivity index (χ3v) is 3.99. The van der Waals surface area contributed by atoms with E-state index in [1.807, 2.05) is 17.7 Å². The quantitative estimate of drug-likeness (QED) is 0.882. The molecule has 0 saturated carbocycles. The lowest BCUT2D eigenvalue weighted by Gasteiger charge is -2.27. The van der Waals surface area contributed by atoms with Gasteiger partial charge in [0.1, 0.15) is 6.10 Å². The molecule has 0 aliphatic rings. The van der Waals surface area contributed by atoms with Gasteiger partial charge in [-0.1, -0.05) is 6.92 Å². The Balaban J connectivity index is 2.91. The molecule has 1 heterocycles. The minimum absolute atomic E-state index is 0.524. The smallest absolute Gasteiger partial charge is 0.109 e. The zero-order chi connectivity index (χ0) is 10.1. The lowest BCUT2D eigenvalue weighted by Crippen LogP contribution is -2.31. The lowest BCUT2D eigenvalue weighted by molar-refractivity contribution is -0.0659. The van der Waals surface area contributed by atoms with Crippen molar-refractivity contribution < 1.29 is 10.2 Å². The summed E-state index contributed by atoms with van der Waals surface area (Å²) in [6, 6.07) is 0. The Morgan fingerprint density at radius 2 is 2.23 bits per heavy atom. The Labute approximate surface area is 90.4 Å². The topological polar surface area (TPSA) is 40.5 Å². The van der Waals surface area contributed by atoms with Crippen LogP contribution in [0.1, 0.15) is 31.9 Å². The molecular formula is C9H13BrO2S. The molecule has 0 radical (unpaired) electrons. The molecule has 74 valence electrons. The molecule has 0 aliphatic heterocycles. The van der Waals surface area contributed by atoms with Crippen LogP contribution in [-0.2, 0) is 0 Å². The molecule has 2 N–H and O–H groups in total. The highest BCUT2D eigenvalue weighted by Crippen LogP contribution is 2.34. The fourth-order valence-corrected chi connectivity index (χ4v) is 2.55. The van der Waals surface area contributed by atoms with E-state index in [0.29, 0.717) is 6.42 Å². The van der Waals surface area contributed by atoms with E-state index in [1.165, 1.54) is 11.3 Å². The Morgan fingerprint density at radius 3 is 2.62 bits per heavy atom. The molecule has 0 fully saturated rings. The Kier molecular flexibility index (Phi) is 3.51. The first-order chi connectivity index (χ1) is 5.99. The number of thiophene rings is 1. The summed E-state index contributed by atoms with van der Waals surface area (Å²) < 4.78 is 0.860. The molecule has 2 nitrogen and oxygen atoms in total. The third-order valence-electron chi connectivity index (χ3n) is 2.24. The van der Waals surface area contributed by atoms with Crippen LogP contribution in [-0.4, -0.2) is 15.8 Å². The maximum Gasteiger partial charge on any atom is 0.109 e. The van der Waals surface area contributed by atoms with Gasteiger partial charge >= 0.3 is 0 Å². The molecule has 0 bridgehead atoms. The molecule has 2 unspecified atom stereocenters. The molecule has 1 aromatic rings. The zero-order valence-corrected chi connectivity index (χ0v) is 10.0. The summed E-state index contributed by atoms with van der Waals surface area (Å²) in [5.41, 5.74) is -0.291. The van der Waals surface area contributed by atoms with Gasteiger partial charge in [-0.05, 0) is 34.7 Å². The molecular weight excluding hydrogens is 252 g/mol. The fourth-order valence-electron chi connectivity index (χ4n) is 1.01. The van der Waals surface area contributed by atoms with Crippen molar-refractivity contribution >= 4 is 27.3 Å². The summed E-state index contributed by atoms with van der Waals surface area (Å²) in [6.07, 6.45) is -0.297. The van der Waals surface area contributed by atoms with Gasteiger partial charge < -0.3 is 10.2 Å². The van der Waals surface area contributed by atoms with Crippen molar-refractivity contribution in [3.63, 3.8) is 0 Å². The number of hydrogen-bond donors (Lipinski definition) is 2. The molecule has 0 aromatic carbocycles. The van der Waals surface area contributed by atoms with Crippen molar-refractivity contribution in [3.8, 4) is 0 Å². The first-order valence-electron chi connectivity index (χ1n) is 4.11. The van der Waals surface area contributed by atoms with Gasteiger partial charge in [0.15, 0.2) is 0 Å². The van der Waals surface area contributed by atoms with E-state index >= 15 is 0 Å². The van der Waals surface area contributed by atoms with E-state index < -0.39 is 11.7 Å². The van der Waals surface area contributed by atoms with Gasteiger partial charge in [0.05, 0.1) is 5.60 Å². The second-order valence-corrected chi connectivity index (χ2v) is 4.89. The summed E-state index contributed by atoms with van der Waals surface area (Å²) >= 11 is 4.83. The second kappa shape index (κ2) is 4.09. The molecule has 0 saturated heterocycles. The fraction of sp³-hybridized carbons (Fsp3) is 0.556. The van der Waals surface area contributed by atoms with Crippen molar-refractivity contribution in [1.29, 1.82) is 0 Å². The van der Waals surface area contributed by atoms with Crippen LogP contribution in [0.5, 0.6) is 0 Å². The van der Waals surface area contributed by atoms with Gasteiger partial charge in [0, 0.05) is 15.4 Å². The number of hydrogen-bond acceptors (Lipinski definition) is 3. The van der Waals surface area contributed by atoms with E-state index in [2.05, 4.69) is 15.9 Å². The van der Waals surface area contributed by atoms with Crippen LogP contribution in [0.2, 0.25) is 0 Å². The molecule has 0 aliphatic carbocycles. The largest absolute Gasteiger partial charge is 0.387 e. The number of halogens is 1. The van der Waals surface area contributed by atoms with Gasteiger partial charge in [0.2, 0.25) is 0 Å². The Bertz CT molecular complexity index is 283. The standard InChI is InChI=1S/C9H13BrO2S/c1-3-9(2,12)8(11)6-4-13-5-7(6)10/h4-5,8,11-12H,3H2,1-2H3. The molecule has 1 aromatic heterocycles. The van der Waals surface area contributed by atoms with E-state index in [9.17, 15) is 10.2 Å². The summed E-state index contributed by atoms with van der Waals surface area (Å²) in [5.74, 6) is 0. The van der Waals surface area contributed by atoms with Crippen LogP contribution in [0.15, 0.2) is 15.2 Å². The van der Waals surface area contributed by atoms with E-state index in [4.69, 9.17) is 0 Å². The van der Waals surface area contributed by atoms with Crippen molar-refractivity contribution in [2.45, 2.75) is 32.0 Å². The highest BCUT2D eigenvalue weighted by molar-refractivity contribution is 9.10. The Hall–Kier alpha value is 0.100. The number of rotatable bonds is 3. The van der Waals surface area contributed by atoms with Gasteiger partial charge in [-0.3, -0.25) is 0 Å². The minimum Gasteiger partial charge on any atom is -0.387 e. The summed E-state index contributed by atoms with van der Waals surface area (Å²) in [7, 11) is 0. The molecule has 13 heavy (non-hydrogen) atoms. The van der Waals surface area contributed by atoms with Crippen molar-refractivity contribution in [2.75, 3.05) is 0 Å². The average molecular weight is 265 g/mol. The summed E-state index contributed by atoms with van der Waals surface area (Å²) in [5, 5.41) is 23.4. The highest BCUT2D eigenvalue weighted by Gasteiger charge is 2.31. The number of aliphatic hydroxyl groups is 2. The normalized spacial score (nSPS) is 18.2. The van der Waals surface area contributed by atoms with Crippen LogP contribution in [0.25, 0.3) is 0 Å². The molecule has 0 spiro atoms. The molecule has 0 amide bonds. The molecule has 4 heteroatoms. The van der Waals surface area contributed by atoms with E-state index in [1.54, 1.807) is 6.92 Å². The van der Waals surface area contributed by atoms with Crippen molar-refractivity contribution in [2.24, 2.45) is 0 Å². The van der Waals surface area contributed by atoms with Crippen LogP contribution in [0.3, 0.4) is 0 Å². The van der Waals surface area contributed by atoms with Crippen LogP contribution in [0.4, 0.5) is 0 Å². The predicted molar refractivity (Wildman–Crippen MR) is 57.9 cm³/mol. The summed E-state index contributed by atoms with van der Waals surface area (Å²) in [6.45, 7) is 3.49. The van der Waals surface area contributed by atoms with E-state index in [-0.39, 0.29) is 0 Å². The number of aliphatic hydroxyl groups excluding tert-OH is 1. The Morgan fingerprint density at radius 1 is 1.62 bits per heavy atom. The predicted octanol–water partition coefficient (Wildman–Crippen LogP) is 2.71. The third kappa shape index (κ3) is 2.31. The van der Waals surface area contributed by atoms with Crippen LogP contribution < -0.4 is 0 Å². The molecule has 2 atom stereocenters. The first kappa shape index (κ1) is 11.2. The van der Waals surface area contributed by atoms with Gasteiger partial charge in [-0.15, -0.1) is 0 Å². The molecule has 1 rings (SSSR count). The van der Waals surface area contributed by atoms with Gasteiger partial charge in [0.25, 0.3) is 0 Å². The minimum atomic E-state index is -1.05. The monoisotopic (exact) mass is 264 g/mol. The summed E-state index contributed by atoms with van der Waals surface area (Å²) in [4.78, 5) is 0. The van der Waals surface area contributed by atoms with Gasteiger partial charge in [-0.25, -0.2) is 0 Å². The van der Waals surface area contributed by atoms with Crippen LogP contribution in [0, 0.1) is 0 Å². The maximum absolute atomic E-state index is 9.84. The average Bonchev–Trinajstić information content (AvgIpc) is 2.50. The second-order valence-electron chi connectivity index (χ2n) is 3.29. The highest BCUT2D eigenvalue weighted by atomic mass is 79.9. The van der Waals surface area contributed by atoms with Crippen LogP contribution >= 0.6 is 27.3 Å². The van der Waals surface area contributed by atoms with E-state index in [0.717, 1.165) is 10.0 Å².